The summed E-state index contributed by atoms with van der Waals surface area (Å²) >= 11 is 0. The second kappa shape index (κ2) is 4.92. The number of hydrogen-bond donors (Lipinski definition) is 0. The van der Waals surface area contributed by atoms with Crippen LogP contribution < -0.4 is 0 Å². The van der Waals surface area contributed by atoms with Crippen LogP contribution in [0.4, 0.5) is 0 Å². The van der Waals surface area contributed by atoms with E-state index in [0.29, 0.717) is 0 Å². The Bertz CT molecular complexity index is 275. The monoisotopic (exact) mass is 164 g/mol. The van der Waals surface area contributed by atoms with Crippen LogP contribution in [0.15, 0.2) is 11.1 Å². The molecule has 0 aliphatic rings. The Balaban J connectivity index is 4.69. The van der Waals surface area contributed by atoms with Crippen molar-refractivity contribution >= 4 is 5.97 Å². The molecule has 0 radical (unpaired) electrons. The van der Waals surface area contributed by atoms with Crippen molar-refractivity contribution in [3.05, 3.63) is 11.1 Å². The van der Waals surface area contributed by atoms with Gasteiger partial charge in [-0.2, -0.15) is 10.5 Å². The highest BCUT2D eigenvalue weighted by Gasteiger charge is 2.10. The molecule has 0 aromatic rings. The Morgan fingerprint density at radius 3 is 2.25 bits per heavy atom. The number of nitriles is 2. The largest absolute Gasteiger partial charge is 0.463 e. The molecule has 62 valence electrons. The third kappa shape index (κ3) is 2.43. The van der Waals surface area contributed by atoms with Crippen LogP contribution in [0.2, 0.25) is 0 Å². The lowest BCUT2D eigenvalue weighted by atomic mass is 10.2. The second-order valence-electron chi connectivity index (χ2n) is 1.94. The number of rotatable bonds is 2. The molecule has 0 rings (SSSR count). The van der Waals surface area contributed by atoms with Crippen molar-refractivity contribution in [3.8, 4) is 12.1 Å². The molecule has 0 N–H and O–H groups in total. The van der Waals surface area contributed by atoms with E-state index in [1.54, 1.807) is 19.1 Å². The quantitative estimate of drug-likeness (QED) is 0.345. The lowest BCUT2D eigenvalue weighted by molar-refractivity contribution is -0.138. The van der Waals surface area contributed by atoms with Crippen molar-refractivity contribution in [2.45, 2.75) is 13.8 Å². The lowest BCUT2D eigenvalue weighted by Gasteiger charge is -1.99. The van der Waals surface area contributed by atoms with E-state index in [1.807, 2.05) is 0 Å². The fourth-order valence-electron chi connectivity index (χ4n) is 0.534. The number of allylic oxidation sites excluding steroid dienone is 1. The molecule has 4 nitrogen and oxygen atoms in total. The molecule has 0 aromatic carbocycles. The van der Waals surface area contributed by atoms with E-state index in [0.717, 1.165) is 0 Å². The van der Waals surface area contributed by atoms with E-state index < -0.39 is 5.97 Å². The third-order valence-electron chi connectivity index (χ3n) is 1.18. The van der Waals surface area contributed by atoms with Crippen molar-refractivity contribution in [1.29, 1.82) is 10.5 Å². The fourth-order valence-corrected chi connectivity index (χ4v) is 0.534. The summed E-state index contributed by atoms with van der Waals surface area (Å²) in [5.41, 5.74) is -0.143. The van der Waals surface area contributed by atoms with Gasteiger partial charge in [-0.15, -0.1) is 0 Å². The van der Waals surface area contributed by atoms with E-state index >= 15 is 0 Å². The van der Waals surface area contributed by atoms with Gasteiger partial charge in [0.2, 0.25) is 0 Å². The van der Waals surface area contributed by atoms with Crippen molar-refractivity contribution in [2.75, 3.05) is 6.61 Å². The first-order valence-corrected chi connectivity index (χ1v) is 3.35. The van der Waals surface area contributed by atoms with Gasteiger partial charge in [-0.1, -0.05) is 0 Å². The molecular formula is C8H8N2O2. The predicted octanol–water partition coefficient (Wildman–Crippen LogP) is 0.913. The minimum absolute atomic E-state index is 0.0573. The topological polar surface area (TPSA) is 73.9 Å². The molecule has 0 saturated carbocycles. The zero-order valence-electron chi connectivity index (χ0n) is 6.92. The van der Waals surface area contributed by atoms with Crippen molar-refractivity contribution in [1.82, 2.24) is 0 Å². The molecule has 0 unspecified atom stereocenters. The van der Waals surface area contributed by atoms with Gasteiger partial charge in [0.25, 0.3) is 0 Å². The Kier molecular flexibility index (Phi) is 4.18. The molecule has 0 heterocycles. The maximum atomic E-state index is 10.9. The molecule has 0 atom stereocenters. The van der Waals surface area contributed by atoms with Crippen LogP contribution in [0, 0.1) is 22.7 Å². The van der Waals surface area contributed by atoms with E-state index in [2.05, 4.69) is 4.74 Å². The maximum Gasteiger partial charge on any atom is 0.335 e. The highest BCUT2D eigenvalue weighted by Crippen LogP contribution is 2.03. The molecule has 0 bridgehead atoms. The minimum atomic E-state index is -0.615. The Labute approximate surface area is 70.7 Å². The second-order valence-corrected chi connectivity index (χ2v) is 1.94. The Morgan fingerprint density at radius 1 is 1.42 bits per heavy atom. The molecule has 0 amide bonds. The van der Waals surface area contributed by atoms with Crippen molar-refractivity contribution in [3.63, 3.8) is 0 Å². The van der Waals surface area contributed by atoms with Gasteiger partial charge in [-0.3, -0.25) is 0 Å². The summed E-state index contributed by atoms with van der Waals surface area (Å²) < 4.78 is 4.59. The summed E-state index contributed by atoms with van der Waals surface area (Å²) in [6.07, 6.45) is 0. The summed E-state index contributed by atoms with van der Waals surface area (Å²) in [6, 6.07) is 3.22. The number of ether oxygens (including phenoxy) is 1. The first kappa shape index (κ1) is 10.2. The van der Waals surface area contributed by atoms with Crippen LogP contribution in [0.25, 0.3) is 0 Å². The van der Waals surface area contributed by atoms with Crippen LogP contribution in [0.3, 0.4) is 0 Å². The number of nitrogens with zero attached hydrogens (tertiary/aromatic N) is 2. The smallest absolute Gasteiger partial charge is 0.335 e. The number of hydrogen-bond acceptors (Lipinski definition) is 4. The van der Waals surface area contributed by atoms with Gasteiger partial charge in [0.1, 0.15) is 17.7 Å². The summed E-state index contributed by atoms with van der Waals surface area (Å²) in [6.45, 7) is 3.28. The van der Waals surface area contributed by atoms with Crippen molar-refractivity contribution < 1.29 is 9.53 Å². The lowest BCUT2D eigenvalue weighted by Crippen LogP contribution is -2.06. The van der Waals surface area contributed by atoms with E-state index in [-0.39, 0.29) is 17.8 Å². The van der Waals surface area contributed by atoms with E-state index in [1.165, 1.54) is 6.92 Å². The zero-order chi connectivity index (χ0) is 9.56. The molecule has 0 fully saturated rings. The summed E-state index contributed by atoms with van der Waals surface area (Å²) in [5.74, 6) is -0.615. The normalized spacial score (nSPS) is 7.67. The third-order valence-corrected chi connectivity index (χ3v) is 1.18. The van der Waals surface area contributed by atoms with Gasteiger partial charge in [0.15, 0.2) is 0 Å². The standard InChI is InChI=1S/C8H8N2O2/c1-3-12-8(11)6(2)7(4-9)5-10/h3H2,1-2H3. The average Bonchev–Trinajstić information content (AvgIpc) is 2.07. The van der Waals surface area contributed by atoms with Gasteiger partial charge in [0, 0.05) is 0 Å². The highest BCUT2D eigenvalue weighted by molar-refractivity contribution is 5.90. The van der Waals surface area contributed by atoms with Crippen LogP contribution in [-0.2, 0) is 9.53 Å². The first-order chi connectivity index (χ1) is 5.67. The minimum Gasteiger partial charge on any atom is -0.463 e. The predicted molar refractivity (Wildman–Crippen MR) is 40.6 cm³/mol. The van der Waals surface area contributed by atoms with Gasteiger partial charge in [-0.25, -0.2) is 4.79 Å². The average molecular weight is 164 g/mol. The highest BCUT2D eigenvalue weighted by atomic mass is 16.5. The molecule has 0 aliphatic carbocycles. The zero-order valence-corrected chi connectivity index (χ0v) is 6.92. The molecule has 0 aromatic heterocycles. The fraction of sp³-hybridized carbons (Fsp3) is 0.375. The van der Waals surface area contributed by atoms with Crippen LogP contribution in [0.1, 0.15) is 13.8 Å². The number of carbonyl (C=O) groups is 1. The van der Waals surface area contributed by atoms with Crippen molar-refractivity contribution in [2.24, 2.45) is 0 Å². The SMILES string of the molecule is CCOC(=O)C(C)=C(C#N)C#N. The number of esters is 1. The first-order valence-electron chi connectivity index (χ1n) is 3.35. The molecule has 4 heteroatoms. The van der Waals surface area contributed by atoms with Gasteiger partial charge < -0.3 is 4.74 Å². The Morgan fingerprint density at radius 2 is 1.92 bits per heavy atom. The summed E-state index contributed by atoms with van der Waals surface area (Å²) in [7, 11) is 0. The molecule has 12 heavy (non-hydrogen) atoms. The maximum absolute atomic E-state index is 10.9. The van der Waals surface area contributed by atoms with E-state index in [4.69, 9.17) is 10.5 Å². The summed E-state index contributed by atoms with van der Waals surface area (Å²) in [5, 5.41) is 16.8. The molecule has 0 saturated heterocycles. The van der Waals surface area contributed by atoms with Crippen LogP contribution >= 0.6 is 0 Å². The molecule has 0 spiro atoms. The van der Waals surface area contributed by atoms with E-state index in [9.17, 15) is 4.79 Å². The summed E-state index contributed by atoms with van der Waals surface area (Å²) in [4.78, 5) is 10.9. The molecule has 0 aliphatic heterocycles. The van der Waals surface area contributed by atoms with Crippen LogP contribution in [-0.4, -0.2) is 12.6 Å². The number of carbonyl (C=O) groups excluding carboxylic acids is 1. The van der Waals surface area contributed by atoms with Gasteiger partial charge in [0.05, 0.1) is 12.2 Å². The van der Waals surface area contributed by atoms with Gasteiger partial charge in [-0.05, 0) is 13.8 Å². The van der Waals surface area contributed by atoms with Gasteiger partial charge >= 0.3 is 5.97 Å². The Hall–Kier alpha value is -1.81. The molecular weight excluding hydrogens is 156 g/mol. The van der Waals surface area contributed by atoms with Crippen LogP contribution in [0.5, 0.6) is 0 Å².